The van der Waals surface area contributed by atoms with E-state index >= 15 is 0 Å². The molecule has 1 saturated heterocycles. The molecule has 1 heterocycles. The predicted octanol–water partition coefficient (Wildman–Crippen LogP) is 2.39. The average molecular weight is 276 g/mol. The molecule has 2 rings (SSSR count). The molecule has 2 fully saturated rings. The van der Waals surface area contributed by atoms with Gasteiger partial charge in [-0.3, -0.25) is 9.59 Å². The zero-order valence-electron chi connectivity index (χ0n) is 13.1. The van der Waals surface area contributed by atoms with E-state index < -0.39 is 11.3 Å². The molecule has 0 N–H and O–H groups in total. The van der Waals surface area contributed by atoms with Crippen molar-refractivity contribution in [2.24, 2.45) is 22.7 Å². The molecule has 20 heavy (non-hydrogen) atoms. The van der Waals surface area contributed by atoms with Crippen molar-refractivity contribution in [3.05, 3.63) is 0 Å². The molecule has 2 aliphatic rings. The number of hydrogen-bond acceptors (Lipinski definition) is 3. The van der Waals surface area contributed by atoms with Crippen molar-refractivity contribution in [1.82, 2.24) is 4.90 Å². The second kappa shape index (κ2) is 4.58. The lowest BCUT2D eigenvalue weighted by Gasteiger charge is -2.57. The van der Waals surface area contributed by atoms with Gasteiger partial charge in [0.05, 0.1) is 6.07 Å². The minimum Gasteiger partial charge on any atom is -0.340 e. The number of hydrogen-bond donors (Lipinski definition) is 0. The van der Waals surface area contributed by atoms with E-state index in [9.17, 15) is 14.9 Å². The third kappa shape index (κ3) is 2.04. The number of Topliss-reactive ketones (excluding diaryl/α,β-unsaturated/α-hetero) is 1. The number of piperidine rings is 1. The highest BCUT2D eigenvalue weighted by atomic mass is 16.2. The second-order valence-electron chi connectivity index (χ2n) is 7.41. The maximum absolute atomic E-state index is 12.5. The third-order valence-corrected chi connectivity index (χ3v) is 5.54. The van der Waals surface area contributed by atoms with Crippen LogP contribution in [0.5, 0.6) is 0 Å². The molecule has 1 saturated carbocycles. The normalized spacial score (nSPS) is 39.9. The molecule has 0 aromatic carbocycles. The molecule has 4 atom stereocenters. The zero-order chi connectivity index (χ0) is 15.3. The number of nitrogens with zero attached hydrogens (tertiary/aromatic N) is 2. The van der Waals surface area contributed by atoms with Gasteiger partial charge in [0.1, 0.15) is 5.92 Å². The number of likely N-dealkylation sites (tertiary alicyclic amines) is 1. The lowest BCUT2D eigenvalue weighted by molar-refractivity contribution is -0.158. The Morgan fingerprint density at radius 1 is 1.40 bits per heavy atom. The van der Waals surface area contributed by atoms with E-state index in [2.05, 4.69) is 19.9 Å². The van der Waals surface area contributed by atoms with Gasteiger partial charge >= 0.3 is 0 Å². The zero-order valence-corrected chi connectivity index (χ0v) is 13.1. The number of rotatable bonds is 0. The lowest BCUT2D eigenvalue weighted by atomic mass is 9.50. The molecule has 4 nitrogen and oxygen atoms in total. The van der Waals surface area contributed by atoms with Gasteiger partial charge in [0.2, 0.25) is 5.91 Å². The van der Waals surface area contributed by atoms with Gasteiger partial charge in [-0.2, -0.15) is 5.26 Å². The van der Waals surface area contributed by atoms with E-state index in [0.717, 1.165) is 6.42 Å². The van der Waals surface area contributed by atoms with Crippen LogP contribution in [0.3, 0.4) is 0 Å². The molecule has 0 radical (unpaired) electrons. The number of amides is 1. The highest BCUT2D eigenvalue weighted by Crippen LogP contribution is 2.55. The molecule has 4 heteroatoms. The molecular formula is C16H24N2O2. The lowest BCUT2D eigenvalue weighted by Crippen LogP contribution is -2.61. The van der Waals surface area contributed by atoms with Crippen molar-refractivity contribution in [3.8, 4) is 6.07 Å². The first-order valence-corrected chi connectivity index (χ1v) is 7.34. The SMILES string of the molecule is CC(=O)N1C[C@@]2(C)CC(C#N)C(=O)C(C)(C)[C@@H]2C[C@@H]1C. The number of carbonyl (C=O) groups is 2. The van der Waals surface area contributed by atoms with E-state index in [1.165, 1.54) is 0 Å². The van der Waals surface area contributed by atoms with Crippen LogP contribution in [0, 0.1) is 34.0 Å². The van der Waals surface area contributed by atoms with Crippen LogP contribution in [0.2, 0.25) is 0 Å². The van der Waals surface area contributed by atoms with Gasteiger partial charge in [-0.25, -0.2) is 0 Å². The fourth-order valence-corrected chi connectivity index (χ4v) is 4.49. The van der Waals surface area contributed by atoms with Gasteiger partial charge in [0.15, 0.2) is 5.78 Å². The van der Waals surface area contributed by atoms with Crippen LogP contribution >= 0.6 is 0 Å². The van der Waals surface area contributed by atoms with Gasteiger partial charge < -0.3 is 4.90 Å². The first-order chi connectivity index (χ1) is 9.13. The van der Waals surface area contributed by atoms with Crippen LogP contribution in [0.1, 0.15) is 47.5 Å². The van der Waals surface area contributed by atoms with E-state index in [1.54, 1.807) is 6.92 Å². The maximum Gasteiger partial charge on any atom is 0.219 e. The van der Waals surface area contributed by atoms with Gasteiger partial charge in [-0.1, -0.05) is 20.8 Å². The van der Waals surface area contributed by atoms with Crippen molar-refractivity contribution >= 4 is 11.7 Å². The molecule has 1 aliphatic carbocycles. The Morgan fingerprint density at radius 3 is 2.50 bits per heavy atom. The molecule has 0 aromatic heterocycles. The Hall–Kier alpha value is -1.37. The van der Waals surface area contributed by atoms with Crippen molar-refractivity contribution in [2.45, 2.75) is 53.5 Å². The molecule has 1 aliphatic heterocycles. The number of ketones is 1. The standard InChI is InChI=1S/C16H24N2O2/c1-10-6-13-15(3,4)14(20)12(8-17)7-16(13,5)9-18(10)11(2)19/h10,12-13H,6-7,9H2,1-5H3/t10-,12?,13-,16+/m0/s1. The van der Waals surface area contributed by atoms with Crippen molar-refractivity contribution in [3.63, 3.8) is 0 Å². The van der Waals surface area contributed by atoms with Crippen LogP contribution in [-0.2, 0) is 9.59 Å². The fourth-order valence-electron chi connectivity index (χ4n) is 4.49. The van der Waals surface area contributed by atoms with E-state index in [0.29, 0.717) is 13.0 Å². The predicted molar refractivity (Wildman–Crippen MR) is 75.6 cm³/mol. The van der Waals surface area contributed by atoms with Gasteiger partial charge in [-0.05, 0) is 31.1 Å². The summed E-state index contributed by atoms with van der Waals surface area (Å²) in [4.78, 5) is 26.2. The Bertz CT molecular complexity index is 491. The van der Waals surface area contributed by atoms with Crippen LogP contribution in [0.15, 0.2) is 0 Å². The van der Waals surface area contributed by atoms with Gasteiger partial charge in [0.25, 0.3) is 0 Å². The molecule has 1 unspecified atom stereocenters. The quantitative estimate of drug-likeness (QED) is 0.682. The van der Waals surface area contributed by atoms with Gasteiger partial charge in [0, 0.05) is 24.9 Å². The van der Waals surface area contributed by atoms with Crippen LogP contribution in [-0.4, -0.2) is 29.2 Å². The number of fused-ring (bicyclic) bond motifs is 1. The molecule has 0 bridgehead atoms. The van der Waals surface area contributed by atoms with E-state index in [4.69, 9.17) is 0 Å². The summed E-state index contributed by atoms with van der Waals surface area (Å²) in [7, 11) is 0. The summed E-state index contributed by atoms with van der Waals surface area (Å²) in [6, 6.07) is 2.33. The van der Waals surface area contributed by atoms with E-state index in [1.807, 2.05) is 18.7 Å². The molecule has 110 valence electrons. The summed E-state index contributed by atoms with van der Waals surface area (Å²) in [6.07, 6.45) is 1.42. The molecule has 0 spiro atoms. The summed E-state index contributed by atoms with van der Waals surface area (Å²) in [5.74, 6) is -0.141. The van der Waals surface area contributed by atoms with Crippen LogP contribution in [0.4, 0.5) is 0 Å². The van der Waals surface area contributed by atoms with Crippen LogP contribution in [0.25, 0.3) is 0 Å². The molecular weight excluding hydrogens is 252 g/mol. The Morgan fingerprint density at radius 2 is 2.00 bits per heavy atom. The van der Waals surface area contributed by atoms with Gasteiger partial charge in [-0.15, -0.1) is 0 Å². The van der Waals surface area contributed by atoms with Crippen LogP contribution < -0.4 is 0 Å². The maximum atomic E-state index is 12.5. The van der Waals surface area contributed by atoms with Crippen molar-refractivity contribution < 1.29 is 9.59 Å². The summed E-state index contributed by atoms with van der Waals surface area (Å²) in [5.41, 5.74) is -0.624. The summed E-state index contributed by atoms with van der Waals surface area (Å²) < 4.78 is 0. The summed E-state index contributed by atoms with van der Waals surface area (Å²) >= 11 is 0. The minimum atomic E-state index is -0.534. The Kier molecular flexibility index (Phi) is 3.44. The first-order valence-electron chi connectivity index (χ1n) is 7.34. The Labute approximate surface area is 121 Å². The minimum absolute atomic E-state index is 0.0750. The first kappa shape index (κ1) is 15.0. The second-order valence-corrected chi connectivity index (χ2v) is 7.41. The fraction of sp³-hybridized carbons (Fsp3) is 0.812. The highest BCUT2D eigenvalue weighted by molar-refractivity contribution is 5.90. The topological polar surface area (TPSA) is 61.2 Å². The largest absolute Gasteiger partial charge is 0.340 e. The molecule has 1 amide bonds. The molecule has 0 aromatic rings. The highest BCUT2D eigenvalue weighted by Gasteiger charge is 2.58. The number of carbonyl (C=O) groups excluding carboxylic acids is 2. The number of nitriles is 1. The summed E-state index contributed by atoms with van der Waals surface area (Å²) in [6.45, 7) is 10.4. The van der Waals surface area contributed by atoms with Crippen molar-refractivity contribution in [2.75, 3.05) is 6.54 Å². The summed E-state index contributed by atoms with van der Waals surface area (Å²) in [5, 5.41) is 9.27. The Balaban J connectivity index is 2.41. The van der Waals surface area contributed by atoms with Crippen molar-refractivity contribution in [1.29, 1.82) is 5.26 Å². The smallest absolute Gasteiger partial charge is 0.219 e. The van der Waals surface area contributed by atoms with E-state index in [-0.39, 0.29) is 29.1 Å². The monoisotopic (exact) mass is 276 g/mol. The average Bonchev–Trinajstić information content (AvgIpc) is 2.36. The third-order valence-electron chi connectivity index (χ3n) is 5.54.